The number of carbonyl (C=O) groups is 2. The van der Waals surface area contributed by atoms with Gasteiger partial charge in [0.15, 0.2) is 0 Å². The minimum atomic E-state index is -0.600. The normalized spacial score (nSPS) is 20.9. The Morgan fingerprint density at radius 2 is 1.60 bits per heavy atom. The molecular formula is C18H25ClN4O2. The summed E-state index contributed by atoms with van der Waals surface area (Å²) in [7, 11) is 0. The Bertz CT molecular complexity index is 620. The van der Waals surface area contributed by atoms with Crippen molar-refractivity contribution in [3.63, 3.8) is 0 Å². The first kappa shape index (κ1) is 18.0. The topological polar surface area (TPSA) is 78.7 Å². The Morgan fingerprint density at radius 3 is 2.16 bits per heavy atom. The van der Waals surface area contributed by atoms with Crippen molar-refractivity contribution >= 4 is 29.2 Å². The van der Waals surface area contributed by atoms with Crippen molar-refractivity contribution in [1.29, 1.82) is 0 Å². The summed E-state index contributed by atoms with van der Waals surface area (Å²) in [6.45, 7) is 2.89. The summed E-state index contributed by atoms with van der Waals surface area (Å²) < 4.78 is 0. The van der Waals surface area contributed by atoms with Gasteiger partial charge >= 0.3 is 6.03 Å². The van der Waals surface area contributed by atoms with Crippen LogP contribution < -0.4 is 11.1 Å². The van der Waals surface area contributed by atoms with Crippen LogP contribution in [-0.2, 0) is 4.79 Å². The molecule has 3 amide bonds. The molecule has 2 saturated heterocycles. The number of amides is 3. The van der Waals surface area contributed by atoms with E-state index < -0.39 is 5.54 Å². The maximum absolute atomic E-state index is 12.5. The Labute approximate surface area is 153 Å². The third-order valence-electron chi connectivity index (χ3n) is 5.39. The highest BCUT2D eigenvalue weighted by molar-refractivity contribution is 6.30. The zero-order valence-electron chi connectivity index (χ0n) is 14.3. The van der Waals surface area contributed by atoms with Crippen molar-refractivity contribution in [3.05, 3.63) is 29.3 Å². The number of nitrogens with one attached hydrogen (secondary N) is 1. The Balaban J connectivity index is 1.62. The molecule has 0 spiro atoms. The number of benzene rings is 1. The van der Waals surface area contributed by atoms with E-state index in [0.29, 0.717) is 36.6 Å². The highest BCUT2D eigenvalue weighted by Crippen LogP contribution is 2.31. The molecule has 0 aliphatic carbocycles. The van der Waals surface area contributed by atoms with Crippen LogP contribution in [0.1, 0.15) is 32.1 Å². The molecule has 136 valence electrons. The van der Waals surface area contributed by atoms with Crippen molar-refractivity contribution < 1.29 is 9.59 Å². The number of hydrogen-bond donors (Lipinski definition) is 2. The van der Waals surface area contributed by atoms with E-state index >= 15 is 0 Å². The first-order valence-corrected chi connectivity index (χ1v) is 9.25. The number of primary amides is 1. The fourth-order valence-electron chi connectivity index (χ4n) is 3.86. The molecule has 0 unspecified atom stereocenters. The number of urea groups is 1. The number of hydrogen-bond acceptors (Lipinski definition) is 3. The Morgan fingerprint density at radius 1 is 1.00 bits per heavy atom. The van der Waals surface area contributed by atoms with Gasteiger partial charge in [-0.05, 0) is 63.0 Å². The molecule has 2 aliphatic heterocycles. The van der Waals surface area contributed by atoms with Crippen molar-refractivity contribution in [1.82, 2.24) is 9.80 Å². The van der Waals surface area contributed by atoms with E-state index in [0.717, 1.165) is 25.9 Å². The molecule has 3 N–H and O–H groups in total. The van der Waals surface area contributed by atoms with Crippen LogP contribution in [0.2, 0.25) is 5.02 Å². The molecule has 6 nitrogen and oxygen atoms in total. The maximum Gasteiger partial charge on any atom is 0.321 e. The highest BCUT2D eigenvalue weighted by Gasteiger charge is 2.45. The third kappa shape index (κ3) is 3.90. The van der Waals surface area contributed by atoms with Gasteiger partial charge < -0.3 is 16.0 Å². The van der Waals surface area contributed by atoms with Gasteiger partial charge in [0.05, 0.1) is 0 Å². The predicted molar refractivity (Wildman–Crippen MR) is 98.6 cm³/mol. The molecule has 25 heavy (non-hydrogen) atoms. The summed E-state index contributed by atoms with van der Waals surface area (Å²) in [4.78, 5) is 28.7. The minimum absolute atomic E-state index is 0.154. The first-order chi connectivity index (χ1) is 12.0. The SMILES string of the molecule is NC(=O)C1(N2CCCCC2)CCN(C(=O)Nc2ccc(Cl)cc2)CC1. The lowest BCUT2D eigenvalue weighted by atomic mass is 9.83. The number of piperidine rings is 2. The lowest BCUT2D eigenvalue weighted by Gasteiger charge is -2.48. The standard InChI is InChI=1S/C18H25ClN4O2/c19-14-4-6-15(7-5-14)21-17(25)22-12-8-18(9-13-22,16(20)24)23-10-2-1-3-11-23/h4-7H,1-3,8-13H2,(H2,20,24)(H,21,25). The fraction of sp³-hybridized carbons (Fsp3) is 0.556. The smallest absolute Gasteiger partial charge is 0.321 e. The molecule has 2 heterocycles. The number of carbonyl (C=O) groups excluding carboxylic acids is 2. The van der Waals surface area contributed by atoms with Crippen molar-refractivity contribution in [2.24, 2.45) is 5.73 Å². The van der Waals surface area contributed by atoms with Crippen molar-refractivity contribution in [2.45, 2.75) is 37.6 Å². The van der Waals surface area contributed by atoms with Crippen molar-refractivity contribution in [2.75, 3.05) is 31.5 Å². The van der Waals surface area contributed by atoms with Crippen LogP contribution in [0.3, 0.4) is 0 Å². The highest BCUT2D eigenvalue weighted by atomic mass is 35.5. The van der Waals surface area contributed by atoms with Gasteiger partial charge in [-0.25, -0.2) is 4.79 Å². The van der Waals surface area contributed by atoms with Crippen LogP contribution in [0.25, 0.3) is 0 Å². The summed E-state index contributed by atoms with van der Waals surface area (Å²) in [5, 5.41) is 3.50. The zero-order chi connectivity index (χ0) is 17.9. The molecule has 2 aliphatic rings. The first-order valence-electron chi connectivity index (χ1n) is 8.88. The average Bonchev–Trinajstić information content (AvgIpc) is 2.64. The van der Waals surface area contributed by atoms with E-state index in [1.165, 1.54) is 6.42 Å². The number of anilines is 1. The lowest BCUT2D eigenvalue weighted by molar-refractivity contribution is -0.134. The van der Waals surface area contributed by atoms with Crippen LogP contribution in [0, 0.1) is 0 Å². The Kier molecular flexibility index (Phi) is 5.49. The van der Waals surface area contributed by atoms with E-state index in [9.17, 15) is 9.59 Å². The molecule has 0 saturated carbocycles. The van der Waals surface area contributed by atoms with Gasteiger partial charge in [0, 0.05) is 23.8 Å². The minimum Gasteiger partial charge on any atom is -0.368 e. The molecule has 7 heteroatoms. The molecular weight excluding hydrogens is 340 g/mol. The maximum atomic E-state index is 12.5. The number of nitrogens with two attached hydrogens (primary N) is 1. The van der Waals surface area contributed by atoms with Gasteiger partial charge in [-0.1, -0.05) is 18.0 Å². The van der Waals surface area contributed by atoms with Crippen LogP contribution in [0.4, 0.5) is 10.5 Å². The predicted octanol–water partition coefficient (Wildman–Crippen LogP) is 2.68. The monoisotopic (exact) mass is 364 g/mol. The number of halogens is 1. The summed E-state index contributed by atoms with van der Waals surface area (Å²) in [5.74, 6) is -0.257. The van der Waals surface area contributed by atoms with Gasteiger partial charge in [0.1, 0.15) is 5.54 Å². The fourth-order valence-corrected chi connectivity index (χ4v) is 3.98. The molecule has 0 aromatic heterocycles. The molecule has 1 aromatic rings. The molecule has 1 aromatic carbocycles. The molecule has 2 fully saturated rings. The molecule has 0 radical (unpaired) electrons. The summed E-state index contributed by atoms with van der Waals surface area (Å²) >= 11 is 5.86. The largest absolute Gasteiger partial charge is 0.368 e. The lowest BCUT2D eigenvalue weighted by Crippen LogP contribution is -2.64. The summed E-state index contributed by atoms with van der Waals surface area (Å²) in [5.41, 5.74) is 5.89. The Hall–Kier alpha value is -1.79. The summed E-state index contributed by atoms with van der Waals surface area (Å²) in [6.07, 6.45) is 4.61. The summed E-state index contributed by atoms with van der Waals surface area (Å²) in [6, 6.07) is 6.86. The quantitative estimate of drug-likeness (QED) is 0.865. The number of likely N-dealkylation sites (tertiary alicyclic amines) is 2. The van der Waals surface area contributed by atoms with Crippen LogP contribution in [0.5, 0.6) is 0 Å². The zero-order valence-corrected chi connectivity index (χ0v) is 15.1. The second-order valence-electron chi connectivity index (χ2n) is 6.87. The van der Waals surface area contributed by atoms with E-state index in [1.54, 1.807) is 29.2 Å². The van der Waals surface area contributed by atoms with Gasteiger partial charge in [0.25, 0.3) is 0 Å². The van der Waals surface area contributed by atoms with E-state index in [1.807, 2.05) is 0 Å². The van der Waals surface area contributed by atoms with E-state index in [-0.39, 0.29) is 11.9 Å². The second kappa shape index (κ2) is 7.62. The third-order valence-corrected chi connectivity index (χ3v) is 5.65. The van der Waals surface area contributed by atoms with Gasteiger partial charge in [0.2, 0.25) is 5.91 Å². The van der Waals surface area contributed by atoms with Crippen molar-refractivity contribution in [3.8, 4) is 0 Å². The van der Waals surface area contributed by atoms with E-state index in [2.05, 4.69) is 10.2 Å². The van der Waals surface area contributed by atoms with E-state index in [4.69, 9.17) is 17.3 Å². The molecule has 0 atom stereocenters. The van der Waals surface area contributed by atoms with Crippen LogP contribution in [-0.4, -0.2) is 53.5 Å². The molecule has 3 rings (SSSR count). The van der Waals surface area contributed by atoms with Gasteiger partial charge in [-0.15, -0.1) is 0 Å². The van der Waals surface area contributed by atoms with Gasteiger partial charge in [-0.3, -0.25) is 9.69 Å². The van der Waals surface area contributed by atoms with Gasteiger partial charge in [-0.2, -0.15) is 0 Å². The number of nitrogens with zero attached hydrogens (tertiary/aromatic N) is 2. The molecule has 0 bridgehead atoms. The second-order valence-corrected chi connectivity index (χ2v) is 7.30. The number of rotatable bonds is 3. The van der Waals surface area contributed by atoms with Crippen LogP contribution >= 0.6 is 11.6 Å². The van der Waals surface area contributed by atoms with Crippen LogP contribution in [0.15, 0.2) is 24.3 Å². The average molecular weight is 365 g/mol.